The van der Waals surface area contributed by atoms with Crippen molar-refractivity contribution in [1.82, 2.24) is 0 Å². The molecule has 0 radical (unpaired) electrons. The van der Waals surface area contributed by atoms with E-state index in [0.29, 0.717) is 12.8 Å². The number of fused-ring (bicyclic) bond motifs is 2. The number of unbranched alkanes of at least 4 members (excludes halogenated alkanes) is 1. The summed E-state index contributed by atoms with van der Waals surface area (Å²) in [5.41, 5.74) is 4.74. The molecule has 4 heteroatoms. The van der Waals surface area contributed by atoms with Gasteiger partial charge in [-0.1, -0.05) is 67.6 Å². The zero-order valence-electron chi connectivity index (χ0n) is 15.9. The molecule has 0 saturated carbocycles. The Morgan fingerprint density at radius 3 is 2.61 bits per heavy atom. The lowest BCUT2D eigenvalue weighted by Crippen LogP contribution is -2.42. The normalized spacial score (nSPS) is 20.2. The van der Waals surface area contributed by atoms with Crippen LogP contribution in [0.2, 0.25) is 0 Å². The van der Waals surface area contributed by atoms with E-state index in [-0.39, 0.29) is 12.0 Å². The van der Waals surface area contributed by atoms with E-state index < -0.39 is 6.36 Å². The first-order valence-corrected chi connectivity index (χ1v) is 9.71. The topological polar surface area (TPSA) is 9.23 Å². The summed E-state index contributed by atoms with van der Waals surface area (Å²) in [6.45, 7) is 1.93. The first kappa shape index (κ1) is 19.0. The molecule has 1 atom stereocenters. The van der Waals surface area contributed by atoms with Crippen LogP contribution in [0.15, 0.2) is 54.6 Å². The van der Waals surface area contributed by atoms with E-state index >= 15 is 0 Å². The molecule has 0 heterocycles. The second kappa shape index (κ2) is 7.25. The van der Waals surface area contributed by atoms with E-state index in [0.717, 1.165) is 12.8 Å². The molecule has 0 amide bonds. The summed E-state index contributed by atoms with van der Waals surface area (Å²) >= 11 is 0. The number of hydrogen-bond donors (Lipinski definition) is 0. The van der Waals surface area contributed by atoms with Crippen LogP contribution < -0.4 is 10.4 Å². The van der Waals surface area contributed by atoms with Gasteiger partial charge in [0.25, 0.3) is 0 Å². The zero-order chi connectivity index (χ0) is 19.8. The number of halogens is 3. The van der Waals surface area contributed by atoms with Crippen LogP contribution in [0.1, 0.15) is 49.3 Å². The summed E-state index contributed by atoms with van der Waals surface area (Å²) in [5, 5.41) is 2.50. The van der Waals surface area contributed by atoms with Crippen LogP contribution in [-0.2, 0) is 10.2 Å². The maximum atomic E-state index is 12.2. The van der Waals surface area contributed by atoms with Gasteiger partial charge >= 0.3 is 6.36 Å². The van der Waals surface area contributed by atoms with Gasteiger partial charge in [-0.05, 0) is 58.4 Å². The first-order chi connectivity index (χ1) is 13.4. The maximum Gasteiger partial charge on any atom is 0.522 e. The smallest absolute Gasteiger partial charge is 0.292 e. The van der Waals surface area contributed by atoms with E-state index in [9.17, 15) is 13.2 Å². The van der Waals surface area contributed by atoms with Crippen molar-refractivity contribution < 1.29 is 17.9 Å². The Balaban J connectivity index is 1.75. The number of ether oxygens (including phenoxy) is 1. The van der Waals surface area contributed by atoms with Crippen molar-refractivity contribution in [1.29, 1.82) is 0 Å². The minimum Gasteiger partial charge on any atom is -0.292 e. The molecule has 2 aromatic carbocycles. The molecule has 1 unspecified atom stereocenters. The first-order valence-electron chi connectivity index (χ1n) is 9.71. The Bertz CT molecular complexity index is 1030. The molecular weight excluding hydrogens is 361 g/mol. The summed E-state index contributed by atoms with van der Waals surface area (Å²) in [6, 6.07) is 14.8. The summed E-state index contributed by atoms with van der Waals surface area (Å²) in [6.07, 6.45) is 4.81. The highest BCUT2D eigenvalue weighted by molar-refractivity contribution is 5.81. The van der Waals surface area contributed by atoms with Gasteiger partial charge in [0.05, 0.1) is 6.61 Å². The average Bonchev–Trinajstić information content (AvgIpc) is 2.88. The van der Waals surface area contributed by atoms with Crippen LogP contribution >= 0.6 is 0 Å². The standard InChI is InChI=1S/C24H23F3O/c1-23(15-6-7-16-28-24(25,26)27)20-13-5-4-11-18(20)19-12-3-2-9-17-10-8-14-21(23)22(17)19/h3-5,8-14H,2,6-7,15-16H2,1H3. The van der Waals surface area contributed by atoms with Crippen molar-refractivity contribution in [3.05, 3.63) is 81.7 Å². The summed E-state index contributed by atoms with van der Waals surface area (Å²) in [4.78, 5) is 0. The lowest BCUT2D eigenvalue weighted by atomic mass is 9.66. The van der Waals surface area contributed by atoms with Crippen molar-refractivity contribution in [2.75, 3.05) is 6.61 Å². The summed E-state index contributed by atoms with van der Waals surface area (Å²) in [5.74, 6) is 0. The highest BCUT2D eigenvalue weighted by Gasteiger charge is 2.36. The van der Waals surface area contributed by atoms with Crippen molar-refractivity contribution in [2.24, 2.45) is 0 Å². The molecule has 0 fully saturated rings. The second-order valence-electron chi connectivity index (χ2n) is 7.65. The average molecular weight is 384 g/mol. The van der Waals surface area contributed by atoms with Gasteiger partial charge in [0.2, 0.25) is 0 Å². The lowest BCUT2D eigenvalue weighted by molar-refractivity contribution is -0.324. The van der Waals surface area contributed by atoms with E-state index in [1.54, 1.807) is 0 Å². The molecule has 0 aromatic heterocycles. The SMILES string of the molecule is CC1(CCCCOC(F)(F)F)c2ccccc2C2=c3c1cccc3=CCC=C2. The van der Waals surface area contributed by atoms with Gasteiger partial charge in [0.15, 0.2) is 0 Å². The van der Waals surface area contributed by atoms with Gasteiger partial charge in [-0.3, -0.25) is 4.74 Å². The Morgan fingerprint density at radius 1 is 1.00 bits per heavy atom. The van der Waals surface area contributed by atoms with E-state index in [1.165, 1.54) is 32.7 Å². The number of allylic oxidation sites excluding steroid dienone is 2. The predicted octanol–water partition coefficient (Wildman–Crippen LogP) is 4.95. The molecule has 0 N–H and O–H groups in total. The van der Waals surface area contributed by atoms with Gasteiger partial charge in [-0.15, -0.1) is 13.2 Å². The quantitative estimate of drug-likeness (QED) is 0.663. The van der Waals surface area contributed by atoms with Crippen LogP contribution in [0.4, 0.5) is 13.2 Å². The monoisotopic (exact) mass is 384 g/mol. The van der Waals surface area contributed by atoms with Gasteiger partial charge in [0.1, 0.15) is 0 Å². The van der Waals surface area contributed by atoms with Crippen molar-refractivity contribution in [3.63, 3.8) is 0 Å². The minimum atomic E-state index is -4.55. The molecule has 4 rings (SSSR count). The largest absolute Gasteiger partial charge is 0.522 e. The molecule has 2 aromatic rings. The van der Waals surface area contributed by atoms with Gasteiger partial charge < -0.3 is 0 Å². The fraction of sp³-hybridized carbons (Fsp3) is 0.333. The van der Waals surface area contributed by atoms with Crippen molar-refractivity contribution in [2.45, 2.75) is 44.4 Å². The van der Waals surface area contributed by atoms with Gasteiger partial charge in [-0.25, -0.2) is 0 Å². The van der Waals surface area contributed by atoms with E-state index in [2.05, 4.69) is 66.3 Å². The minimum absolute atomic E-state index is 0.240. The number of benzene rings is 2. The van der Waals surface area contributed by atoms with Gasteiger partial charge in [-0.2, -0.15) is 0 Å². The van der Waals surface area contributed by atoms with Crippen LogP contribution in [0, 0.1) is 0 Å². The molecule has 0 bridgehead atoms. The molecule has 146 valence electrons. The summed E-state index contributed by atoms with van der Waals surface area (Å²) < 4.78 is 40.7. The van der Waals surface area contributed by atoms with Crippen molar-refractivity contribution >= 4 is 11.6 Å². The number of alkyl halides is 3. The Morgan fingerprint density at radius 2 is 1.79 bits per heavy atom. The van der Waals surface area contributed by atoms with Crippen LogP contribution in [0.5, 0.6) is 0 Å². The molecular formula is C24H23F3O. The Hall–Kier alpha value is -2.33. The van der Waals surface area contributed by atoms with Gasteiger partial charge in [0, 0.05) is 5.41 Å². The maximum absolute atomic E-state index is 12.2. The number of hydrogen-bond acceptors (Lipinski definition) is 1. The third kappa shape index (κ3) is 3.42. The second-order valence-corrected chi connectivity index (χ2v) is 7.65. The third-order valence-electron chi connectivity index (χ3n) is 5.87. The zero-order valence-corrected chi connectivity index (χ0v) is 15.9. The van der Waals surface area contributed by atoms with Crippen LogP contribution in [0.3, 0.4) is 0 Å². The molecule has 2 aliphatic rings. The highest BCUT2D eigenvalue weighted by atomic mass is 19.4. The van der Waals surface area contributed by atoms with Crippen molar-refractivity contribution in [3.8, 4) is 0 Å². The Kier molecular flexibility index (Phi) is 4.92. The fourth-order valence-electron chi connectivity index (χ4n) is 4.57. The number of rotatable bonds is 5. The van der Waals surface area contributed by atoms with E-state index in [4.69, 9.17) is 0 Å². The van der Waals surface area contributed by atoms with E-state index in [1.807, 2.05) is 6.07 Å². The third-order valence-corrected chi connectivity index (χ3v) is 5.87. The molecule has 0 aliphatic heterocycles. The fourth-order valence-corrected chi connectivity index (χ4v) is 4.57. The predicted molar refractivity (Wildman–Crippen MR) is 105 cm³/mol. The Labute approximate surface area is 162 Å². The molecule has 1 nitrogen and oxygen atoms in total. The van der Waals surface area contributed by atoms with Crippen LogP contribution in [-0.4, -0.2) is 13.0 Å². The molecule has 0 spiro atoms. The lowest BCUT2D eigenvalue weighted by Gasteiger charge is -2.37. The molecule has 0 saturated heterocycles. The highest BCUT2D eigenvalue weighted by Crippen LogP contribution is 2.41. The summed E-state index contributed by atoms with van der Waals surface area (Å²) in [7, 11) is 0. The molecule has 2 aliphatic carbocycles. The van der Waals surface area contributed by atoms with Crippen LogP contribution in [0.25, 0.3) is 11.6 Å². The molecule has 28 heavy (non-hydrogen) atoms.